The summed E-state index contributed by atoms with van der Waals surface area (Å²) in [6, 6.07) is 15.4. The number of rotatable bonds is 7. The van der Waals surface area contributed by atoms with Crippen LogP contribution in [0.15, 0.2) is 48.5 Å². The molecule has 3 N–H and O–H groups in total. The molecule has 172 valence electrons. The number of carbonyl (C=O) groups is 3. The molecular weight excluding hydrogens is 420 g/mol. The number of carbonyl (C=O) groups excluding carboxylic acids is 2. The molecule has 3 aliphatic rings. The summed E-state index contributed by atoms with van der Waals surface area (Å²) in [6.07, 6.45) is 2.99. The maximum absolute atomic E-state index is 12.5. The van der Waals surface area contributed by atoms with E-state index in [0.717, 1.165) is 24.0 Å². The third-order valence-electron chi connectivity index (χ3n) is 7.13. The number of nitrogens with one attached hydrogen (secondary N) is 2. The largest absolute Gasteiger partial charge is 0.480 e. The molecule has 0 radical (unpaired) electrons. The lowest BCUT2D eigenvalue weighted by Gasteiger charge is -2.18. The highest BCUT2D eigenvalue weighted by Gasteiger charge is 2.40. The van der Waals surface area contributed by atoms with Crippen LogP contribution in [-0.2, 0) is 14.3 Å². The molecule has 33 heavy (non-hydrogen) atoms. The molecule has 7 nitrogen and oxygen atoms in total. The Morgan fingerprint density at radius 1 is 0.939 bits per heavy atom. The van der Waals surface area contributed by atoms with Crippen LogP contribution in [0.25, 0.3) is 11.1 Å². The van der Waals surface area contributed by atoms with Crippen molar-refractivity contribution < 1.29 is 24.2 Å². The standard InChI is InChI=1S/C26H28N2O5/c29-24(28-23(25(30)31)15-9-10-15)16-11-12-17(13-16)27-26(32)33-14-22-20-7-3-1-5-18(20)19-6-2-4-8-21(19)22/h1-8,15-17,22-23H,9-14H2,(H,27,32)(H,28,29)(H,30,31). The van der Waals surface area contributed by atoms with Gasteiger partial charge in [-0.1, -0.05) is 48.5 Å². The third-order valence-corrected chi connectivity index (χ3v) is 7.13. The Labute approximate surface area is 192 Å². The lowest BCUT2D eigenvalue weighted by atomic mass is 9.98. The molecule has 0 bridgehead atoms. The van der Waals surface area contributed by atoms with Crippen molar-refractivity contribution in [3.63, 3.8) is 0 Å². The zero-order chi connectivity index (χ0) is 22.9. The highest BCUT2D eigenvalue weighted by atomic mass is 16.5. The number of aliphatic carboxylic acids is 1. The van der Waals surface area contributed by atoms with Crippen molar-refractivity contribution in [3.8, 4) is 11.1 Å². The summed E-state index contributed by atoms with van der Waals surface area (Å²) in [5.41, 5.74) is 4.68. The number of fused-ring (bicyclic) bond motifs is 3. The van der Waals surface area contributed by atoms with Crippen LogP contribution in [0.5, 0.6) is 0 Å². The molecule has 0 aromatic heterocycles. The van der Waals surface area contributed by atoms with Crippen LogP contribution in [-0.4, -0.2) is 41.8 Å². The van der Waals surface area contributed by atoms with E-state index in [1.165, 1.54) is 11.1 Å². The first-order valence-electron chi connectivity index (χ1n) is 11.7. The molecule has 2 aromatic carbocycles. The monoisotopic (exact) mass is 448 g/mol. The van der Waals surface area contributed by atoms with Gasteiger partial charge in [-0.05, 0) is 60.3 Å². The first kappa shape index (κ1) is 21.5. The van der Waals surface area contributed by atoms with Crippen molar-refractivity contribution in [1.82, 2.24) is 10.6 Å². The van der Waals surface area contributed by atoms with E-state index in [-0.39, 0.29) is 36.3 Å². The van der Waals surface area contributed by atoms with Gasteiger partial charge in [0.2, 0.25) is 5.91 Å². The predicted octanol–water partition coefficient (Wildman–Crippen LogP) is 3.67. The summed E-state index contributed by atoms with van der Waals surface area (Å²) in [7, 11) is 0. The Morgan fingerprint density at radius 2 is 1.58 bits per heavy atom. The van der Waals surface area contributed by atoms with E-state index in [2.05, 4.69) is 34.9 Å². The Bertz CT molecular complexity index is 1030. The summed E-state index contributed by atoms with van der Waals surface area (Å²) < 4.78 is 5.60. The average Bonchev–Trinajstić information content (AvgIpc) is 3.46. The molecule has 3 aliphatic carbocycles. The molecule has 2 fully saturated rings. The molecular formula is C26H28N2O5. The maximum atomic E-state index is 12.5. The molecule has 3 unspecified atom stereocenters. The fourth-order valence-corrected chi connectivity index (χ4v) is 5.24. The van der Waals surface area contributed by atoms with Crippen LogP contribution in [0.3, 0.4) is 0 Å². The molecule has 0 aliphatic heterocycles. The Hall–Kier alpha value is -3.35. The van der Waals surface area contributed by atoms with Crippen LogP contribution < -0.4 is 10.6 Å². The molecule has 5 rings (SSSR count). The first-order chi connectivity index (χ1) is 16.0. The van der Waals surface area contributed by atoms with Crippen molar-refractivity contribution >= 4 is 18.0 Å². The number of carboxylic acids is 1. The lowest BCUT2D eigenvalue weighted by Crippen LogP contribution is -2.45. The molecule has 3 atom stereocenters. The number of alkyl carbamates (subject to hydrolysis) is 1. The second-order valence-corrected chi connectivity index (χ2v) is 9.34. The predicted molar refractivity (Wildman–Crippen MR) is 122 cm³/mol. The molecule has 2 aromatic rings. The second-order valence-electron chi connectivity index (χ2n) is 9.34. The zero-order valence-electron chi connectivity index (χ0n) is 18.3. The third kappa shape index (κ3) is 4.45. The van der Waals surface area contributed by atoms with E-state index in [9.17, 15) is 19.5 Å². The van der Waals surface area contributed by atoms with E-state index in [4.69, 9.17) is 4.74 Å². The smallest absolute Gasteiger partial charge is 0.407 e. The van der Waals surface area contributed by atoms with Crippen LogP contribution in [0.1, 0.15) is 49.1 Å². The van der Waals surface area contributed by atoms with Gasteiger partial charge in [0, 0.05) is 17.9 Å². The van der Waals surface area contributed by atoms with Gasteiger partial charge >= 0.3 is 12.1 Å². The molecule has 0 saturated heterocycles. The van der Waals surface area contributed by atoms with Crippen molar-refractivity contribution in [1.29, 1.82) is 0 Å². The van der Waals surface area contributed by atoms with Gasteiger partial charge in [-0.2, -0.15) is 0 Å². The van der Waals surface area contributed by atoms with Gasteiger partial charge < -0.3 is 20.5 Å². The normalized spacial score (nSPS) is 22.2. The van der Waals surface area contributed by atoms with Crippen LogP contribution in [0.4, 0.5) is 4.79 Å². The van der Waals surface area contributed by atoms with Gasteiger partial charge in [0.1, 0.15) is 12.6 Å². The zero-order valence-corrected chi connectivity index (χ0v) is 18.3. The van der Waals surface area contributed by atoms with E-state index in [0.29, 0.717) is 19.3 Å². The minimum atomic E-state index is -0.975. The van der Waals surface area contributed by atoms with Gasteiger partial charge in [0.25, 0.3) is 0 Å². The van der Waals surface area contributed by atoms with Gasteiger partial charge in [-0.3, -0.25) is 4.79 Å². The van der Waals surface area contributed by atoms with Gasteiger partial charge in [-0.25, -0.2) is 9.59 Å². The Kier molecular flexibility index (Phi) is 5.79. The van der Waals surface area contributed by atoms with Crippen LogP contribution in [0.2, 0.25) is 0 Å². The van der Waals surface area contributed by atoms with Gasteiger partial charge in [-0.15, -0.1) is 0 Å². The minimum absolute atomic E-state index is 0.000584. The summed E-state index contributed by atoms with van der Waals surface area (Å²) >= 11 is 0. The molecule has 2 amide bonds. The number of benzene rings is 2. The number of hydrogen-bond acceptors (Lipinski definition) is 4. The molecule has 0 heterocycles. The molecule has 2 saturated carbocycles. The van der Waals surface area contributed by atoms with Crippen molar-refractivity contribution in [3.05, 3.63) is 59.7 Å². The second kappa shape index (κ2) is 8.89. The summed E-state index contributed by atoms with van der Waals surface area (Å²) in [5.74, 6) is -1.45. The fraction of sp³-hybridized carbons (Fsp3) is 0.423. The Morgan fingerprint density at radius 3 is 2.18 bits per heavy atom. The Balaban J connectivity index is 1.13. The minimum Gasteiger partial charge on any atom is -0.480 e. The van der Waals surface area contributed by atoms with Crippen molar-refractivity contribution in [2.24, 2.45) is 11.8 Å². The summed E-state index contributed by atoms with van der Waals surface area (Å²) in [4.78, 5) is 36.4. The van der Waals surface area contributed by atoms with Crippen LogP contribution in [0, 0.1) is 11.8 Å². The van der Waals surface area contributed by atoms with Crippen LogP contribution >= 0.6 is 0 Å². The lowest BCUT2D eigenvalue weighted by molar-refractivity contribution is -0.143. The highest BCUT2D eigenvalue weighted by Crippen LogP contribution is 2.44. The number of carboxylic acid groups (broad SMARTS) is 1. The number of hydrogen-bond donors (Lipinski definition) is 3. The summed E-state index contributed by atoms with van der Waals surface area (Å²) in [5, 5.41) is 14.9. The van der Waals surface area contributed by atoms with E-state index < -0.39 is 18.1 Å². The van der Waals surface area contributed by atoms with E-state index >= 15 is 0 Å². The van der Waals surface area contributed by atoms with E-state index in [1.807, 2.05) is 24.3 Å². The van der Waals surface area contributed by atoms with Gasteiger partial charge in [0.05, 0.1) is 0 Å². The highest BCUT2D eigenvalue weighted by molar-refractivity contribution is 5.85. The number of amides is 2. The van der Waals surface area contributed by atoms with Crippen molar-refractivity contribution in [2.45, 2.75) is 50.1 Å². The molecule has 0 spiro atoms. The van der Waals surface area contributed by atoms with Crippen molar-refractivity contribution in [2.75, 3.05) is 6.61 Å². The maximum Gasteiger partial charge on any atom is 0.407 e. The SMILES string of the molecule is O=C(NC1CCC(C(=O)NC(C(=O)O)C2CC2)C1)OCC1c2ccccc2-c2ccccc21. The van der Waals surface area contributed by atoms with Gasteiger partial charge in [0.15, 0.2) is 0 Å². The molecule has 7 heteroatoms. The average molecular weight is 449 g/mol. The first-order valence-corrected chi connectivity index (χ1v) is 11.7. The quantitative estimate of drug-likeness (QED) is 0.599. The topological polar surface area (TPSA) is 105 Å². The summed E-state index contributed by atoms with van der Waals surface area (Å²) in [6.45, 7) is 0.248. The fourth-order valence-electron chi connectivity index (χ4n) is 5.24. The van der Waals surface area contributed by atoms with E-state index in [1.54, 1.807) is 0 Å². The number of ether oxygens (including phenoxy) is 1.